The molecule has 0 saturated carbocycles. The summed E-state index contributed by atoms with van der Waals surface area (Å²) in [4.78, 5) is 40.6. The summed E-state index contributed by atoms with van der Waals surface area (Å²) < 4.78 is 6.86. The van der Waals surface area contributed by atoms with Gasteiger partial charge in [0.15, 0.2) is 0 Å². The fraction of sp³-hybridized carbons (Fsp3) is 0.370. The molecule has 2 N–H and O–H groups in total. The number of aryl methyl sites for hydroxylation is 1. The number of para-hydroxylation sites is 1. The molecule has 0 aliphatic carbocycles. The number of nitrogens with zero attached hydrogens (tertiary/aromatic N) is 2. The van der Waals surface area contributed by atoms with Gasteiger partial charge in [-0.25, -0.2) is 4.79 Å². The highest BCUT2D eigenvalue weighted by Gasteiger charge is 2.22. The van der Waals surface area contributed by atoms with Crippen molar-refractivity contribution in [2.75, 3.05) is 31.6 Å². The maximum Gasteiger partial charge on any atom is 0.338 e. The quantitative estimate of drug-likeness (QED) is 0.360. The number of anilines is 1. The summed E-state index contributed by atoms with van der Waals surface area (Å²) in [7, 11) is 0. The van der Waals surface area contributed by atoms with Gasteiger partial charge in [-0.1, -0.05) is 39.3 Å². The van der Waals surface area contributed by atoms with Crippen LogP contribution >= 0.6 is 12.4 Å². The minimum Gasteiger partial charge on any atom is -0.506 e. The van der Waals surface area contributed by atoms with E-state index >= 15 is 0 Å². The van der Waals surface area contributed by atoms with Crippen LogP contribution in [0.5, 0.6) is 5.75 Å². The number of benzene rings is 2. The van der Waals surface area contributed by atoms with Crippen LogP contribution in [0.3, 0.4) is 0 Å². The van der Waals surface area contributed by atoms with Crippen molar-refractivity contribution in [3.8, 4) is 5.75 Å². The predicted molar refractivity (Wildman–Crippen MR) is 144 cm³/mol. The first-order chi connectivity index (χ1) is 16.9. The Bertz CT molecular complexity index is 1240. The van der Waals surface area contributed by atoms with E-state index in [0.29, 0.717) is 41.9 Å². The number of carbonyl (C=O) groups excluding carboxylic acids is 2. The van der Waals surface area contributed by atoms with Gasteiger partial charge in [0.05, 0.1) is 11.1 Å². The topological polar surface area (TPSA) is 101 Å². The van der Waals surface area contributed by atoms with Gasteiger partial charge < -0.3 is 24.6 Å². The van der Waals surface area contributed by atoms with Crippen molar-refractivity contribution in [1.29, 1.82) is 0 Å². The molecule has 0 unspecified atom stereocenters. The Hall–Kier alpha value is -3.36. The summed E-state index contributed by atoms with van der Waals surface area (Å²) in [6, 6.07) is 13.2. The van der Waals surface area contributed by atoms with E-state index in [9.17, 15) is 19.5 Å². The molecule has 0 fully saturated rings. The first-order valence-electron chi connectivity index (χ1n) is 12.1. The van der Waals surface area contributed by atoms with Crippen LogP contribution in [0.25, 0.3) is 10.9 Å². The number of aromatic nitrogens is 1. The molecule has 1 heterocycles. The average molecular weight is 516 g/mol. The summed E-state index contributed by atoms with van der Waals surface area (Å²) >= 11 is 0. The predicted octanol–water partition coefficient (Wildman–Crippen LogP) is 4.68. The second kappa shape index (κ2) is 13.7. The van der Waals surface area contributed by atoms with Crippen molar-refractivity contribution in [3.63, 3.8) is 0 Å². The Morgan fingerprint density at radius 3 is 2.33 bits per heavy atom. The number of rotatable bonds is 11. The zero-order valence-corrected chi connectivity index (χ0v) is 21.8. The van der Waals surface area contributed by atoms with Gasteiger partial charge in [0.25, 0.3) is 11.5 Å². The van der Waals surface area contributed by atoms with Gasteiger partial charge in [0.1, 0.15) is 17.9 Å². The number of halogens is 1. The number of nitrogens with one attached hydrogen (secondary N) is 1. The first kappa shape index (κ1) is 28.9. The minimum absolute atomic E-state index is 0. The molecule has 8 nitrogen and oxygen atoms in total. The molecule has 0 bridgehead atoms. The molecule has 1 amide bonds. The monoisotopic (exact) mass is 515 g/mol. The molecule has 3 aromatic rings. The van der Waals surface area contributed by atoms with Gasteiger partial charge in [0, 0.05) is 24.2 Å². The highest BCUT2D eigenvalue weighted by molar-refractivity contribution is 6.09. The fourth-order valence-electron chi connectivity index (χ4n) is 3.91. The molecule has 0 aliphatic rings. The van der Waals surface area contributed by atoms with Crippen LogP contribution in [0.4, 0.5) is 5.69 Å². The number of fused-ring (bicyclic) bond motifs is 1. The standard InChI is InChI=1S/C27H33N3O5.ClH/c1-4-7-16-30-22-11-9-8-10-21(22)24(31)23(26(30)33)25(32)28-20-14-12-19(13-15-20)27(34)35-18-17-29(5-2)6-3;/h8-15,31H,4-7,16-18H2,1-3H3,(H,28,32);1H. The van der Waals surface area contributed by atoms with E-state index < -0.39 is 17.4 Å². The van der Waals surface area contributed by atoms with Crippen molar-refractivity contribution < 1.29 is 19.4 Å². The normalized spacial score (nSPS) is 10.8. The molecule has 1 aromatic heterocycles. The van der Waals surface area contributed by atoms with Crippen LogP contribution in [0.15, 0.2) is 53.3 Å². The molecular formula is C27H34ClN3O5. The summed E-state index contributed by atoms with van der Waals surface area (Å²) in [6.45, 7) is 9.31. The van der Waals surface area contributed by atoms with Gasteiger partial charge in [-0.2, -0.15) is 0 Å². The lowest BCUT2D eigenvalue weighted by atomic mass is 10.1. The maximum absolute atomic E-state index is 13.2. The Labute approximate surface area is 217 Å². The summed E-state index contributed by atoms with van der Waals surface area (Å²) in [5.41, 5.74) is 0.490. The molecule has 0 atom stereocenters. The zero-order chi connectivity index (χ0) is 25.4. The highest BCUT2D eigenvalue weighted by atomic mass is 35.5. The van der Waals surface area contributed by atoms with E-state index in [1.807, 2.05) is 6.92 Å². The first-order valence-corrected chi connectivity index (χ1v) is 12.1. The number of hydrogen-bond acceptors (Lipinski definition) is 6. The van der Waals surface area contributed by atoms with Crippen LogP contribution < -0.4 is 10.9 Å². The second-order valence-electron chi connectivity index (χ2n) is 8.25. The third-order valence-corrected chi connectivity index (χ3v) is 6.02. The average Bonchev–Trinajstić information content (AvgIpc) is 2.87. The fourth-order valence-corrected chi connectivity index (χ4v) is 3.91. The van der Waals surface area contributed by atoms with E-state index in [-0.39, 0.29) is 23.7 Å². The van der Waals surface area contributed by atoms with Crippen molar-refractivity contribution in [2.45, 2.75) is 40.2 Å². The van der Waals surface area contributed by atoms with Crippen molar-refractivity contribution in [3.05, 3.63) is 70.0 Å². The molecule has 9 heteroatoms. The molecule has 36 heavy (non-hydrogen) atoms. The molecular weight excluding hydrogens is 482 g/mol. The number of likely N-dealkylation sites (N-methyl/N-ethyl adjacent to an activating group) is 1. The Kier molecular flexibility index (Phi) is 11.0. The number of unbranched alkanes of at least 4 members (excludes halogenated alkanes) is 1. The zero-order valence-electron chi connectivity index (χ0n) is 21.0. The largest absolute Gasteiger partial charge is 0.506 e. The van der Waals surface area contributed by atoms with Crippen molar-refractivity contribution >= 4 is 40.9 Å². The summed E-state index contributed by atoms with van der Waals surface area (Å²) in [5, 5.41) is 13.9. The van der Waals surface area contributed by atoms with Crippen LogP contribution in [0.2, 0.25) is 0 Å². The lowest BCUT2D eigenvalue weighted by Gasteiger charge is -2.17. The van der Waals surface area contributed by atoms with Gasteiger partial charge >= 0.3 is 5.97 Å². The maximum atomic E-state index is 13.2. The van der Waals surface area contributed by atoms with Crippen LogP contribution in [-0.2, 0) is 11.3 Å². The SMILES string of the molecule is CCCCn1c(=O)c(C(=O)Nc2ccc(C(=O)OCCN(CC)CC)cc2)c(O)c2ccccc21.Cl. The molecule has 194 valence electrons. The third kappa shape index (κ3) is 6.65. The molecule has 0 spiro atoms. The van der Waals surface area contributed by atoms with E-state index in [2.05, 4.69) is 24.1 Å². The third-order valence-electron chi connectivity index (χ3n) is 6.02. The molecule has 0 saturated heterocycles. The van der Waals surface area contributed by atoms with E-state index in [1.165, 1.54) is 4.57 Å². The lowest BCUT2D eigenvalue weighted by Crippen LogP contribution is -2.30. The Balaban J connectivity index is 0.00000456. The number of carbonyl (C=O) groups is 2. The smallest absolute Gasteiger partial charge is 0.338 e. The number of ether oxygens (including phenoxy) is 1. The second-order valence-corrected chi connectivity index (χ2v) is 8.25. The van der Waals surface area contributed by atoms with E-state index in [4.69, 9.17) is 4.74 Å². The van der Waals surface area contributed by atoms with E-state index in [0.717, 1.165) is 25.9 Å². The van der Waals surface area contributed by atoms with Crippen LogP contribution in [0.1, 0.15) is 54.3 Å². The number of esters is 1. The number of hydrogen-bond donors (Lipinski definition) is 2. The Morgan fingerprint density at radius 2 is 1.69 bits per heavy atom. The summed E-state index contributed by atoms with van der Waals surface area (Å²) in [6.07, 6.45) is 1.65. The lowest BCUT2D eigenvalue weighted by molar-refractivity contribution is 0.0466. The molecule has 0 aliphatic heterocycles. The molecule has 3 rings (SSSR count). The minimum atomic E-state index is -0.710. The Morgan fingerprint density at radius 1 is 1.03 bits per heavy atom. The van der Waals surface area contributed by atoms with Gasteiger partial charge in [-0.05, 0) is 55.9 Å². The van der Waals surface area contributed by atoms with Gasteiger partial charge in [0.2, 0.25) is 0 Å². The van der Waals surface area contributed by atoms with Crippen molar-refractivity contribution in [1.82, 2.24) is 9.47 Å². The summed E-state index contributed by atoms with van der Waals surface area (Å²) in [5.74, 6) is -1.50. The van der Waals surface area contributed by atoms with E-state index in [1.54, 1.807) is 48.5 Å². The highest BCUT2D eigenvalue weighted by Crippen LogP contribution is 2.27. The van der Waals surface area contributed by atoms with Crippen molar-refractivity contribution in [2.24, 2.45) is 0 Å². The molecule has 0 radical (unpaired) electrons. The van der Waals surface area contributed by atoms with Crippen LogP contribution in [-0.4, -0.2) is 52.7 Å². The van der Waals surface area contributed by atoms with Gasteiger partial charge in [-0.15, -0.1) is 12.4 Å². The van der Waals surface area contributed by atoms with Gasteiger partial charge in [-0.3, -0.25) is 9.59 Å². The number of amides is 1. The van der Waals surface area contributed by atoms with Crippen LogP contribution in [0, 0.1) is 0 Å². The number of aromatic hydroxyl groups is 1. The molecule has 2 aromatic carbocycles. The number of pyridine rings is 1.